The number of carbonyl (C=O) groups is 1. The van der Waals surface area contributed by atoms with Gasteiger partial charge in [-0.05, 0) is 87.0 Å². The summed E-state index contributed by atoms with van der Waals surface area (Å²) >= 11 is -0.690. The molecule has 4 saturated carbocycles. The number of ketones is 1. The zero-order chi connectivity index (χ0) is 18.5. The van der Waals surface area contributed by atoms with E-state index in [2.05, 4.69) is 13.8 Å². The first-order valence-corrected chi connectivity index (χ1v) is 12.4. The molecule has 0 aromatic heterocycles. The van der Waals surface area contributed by atoms with E-state index in [-0.39, 0.29) is 5.41 Å². The van der Waals surface area contributed by atoms with Gasteiger partial charge in [0.25, 0.3) is 0 Å². The van der Waals surface area contributed by atoms with Crippen molar-refractivity contribution in [2.75, 3.05) is 12.3 Å². The van der Waals surface area contributed by atoms with Crippen LogP contribution >= 0.6 is 0 Å². The molecular weight excluding hydrogens is 342 g/mol. The van der Waals surface area contributed by atoms with E-state index < -0.39 is 11.2 Å². The summed E-state index contributed by atoms with van der Waals surface area (Å²) in [5.41, 5.74) is 6.02. The van der Waals surface area contributed by atoms with Crippen LogP contribution in [0.15, 0.2) is 0 Å². The van der Waals surface area contributed by atoms with Gasteiger partial charge < -0.3 is 10.3 Å². The van der Waals surface area contributed by atoms with Gasteiger partial charge in [-0.25, -0.2) is 0 Å². The predicted molar refractivity (Wildman–Crippen MR) is 107 cm³/mol. The highest BCUT2D eigenvalue weighted by atomic mass is 32.2. The van der Waals surface area contributed by atoms with Crippen LogP contribution < -0.4 is 5.73 Å². The van der Waals surface area contributed by atoms with Crippen LogP contribution in [0.2, 0.25) is 0 Å². The smallest absolute Gasteiger partial charge is 0.139 e. The highest BCUT2D eigenvalue weighted by Gasteiger charge is 2.60. The maximum atomic E-state index is 12.7. The van der Waals surface area contributed by atoms with Crippen LogP contribution in [0, 0.1) is 34.5 Å². The van der Waals surface area contributed by atoms with Gasteiger partial charge in [0.2, 0.25) is 0 Å². The number of fused-ring (bicyclic) bond motifs is 5. The second-order valence-corrected chi connectivity index (χ2v) is 12.0. The molecule has 148 valence electrons. The van der Waals surface area contributed by atoms with Crippen LogP contribution in [-0.4, -0.2) is 27.9 Å². The first-order chi connectivity index (χ1) is 12.4. The summed E-state index contributed by atoms with van der Waals surface area (Å²) in [7, 11) is 0. The quantitative estimate of drug-likeness (QED) is 0.749. The van der Waals surface area contributed by atoms with E-state index in [9.17, 15) is 9.35 Å². The molecule has 0 heterocycles. The van der Waals surface area contributed by atoms with Gasteiger partial charge in [-0.1, -0.05) is 25.0 Å². The van der Waals surface area contributed by atoms with Gasteiger partial charge in [0.1, 0.15) is 16.8 Å². The van der Waals surface area contributed by atoms with E-state index in [0.717, 1.165) is 62.0 Å². The maximum Gasteiger partial charge on any atom is 0.139 e. The molecule has 0 saturated heterocycles. The predicted octanol–water partition coefficient (Wildman–Crippen LogP) is 4.06. The molecule has 8 atom stereocenters. The Morgan fingerprint density at radius 3 is 2.69 bits per heavy atom. The van der Waals surface area contributed by atoms with E-state index >= 15 is 0 Å². The molecule has 3 nitrogen and oxygen atoms in total. The molecule has 4 heteroatoms. The average molecular weight is 380 g/mol. The lowest BCUT2D eigenvalue weighted by Crippen LogP contribution is -2.54. The molecule has 0 bridgehead atoms. The molecule has 0 radical (unpaired) electrons. The lowest BCUT2D eigenvalue weighted by molar-refractivity contribution is -0.138. The zero-order valence-corrected chi connectivity index (χ0v) is 17.5. The van der Waals surface area contributed by atoms with Crippen molar-refractivity contribution in [3.8, 4) is 0 Å². The van der Waals surface area contributed by atoms with Crippen LogP contribution in [0.3, 0.4) is 0 Å². The second kappa shape index (κ2) is 7.08. The first-order valence-electron chi connectivity index (χ1n) is 11.0. The number of carbonyl (C=O) groups excluding carboxylic acids is 1. The molecule has 4 aliphatic rings. The largest absolute Gasteiger partial charge is 0.616 e. The summed E-state index contributed by atoms with van der Waals surface area (Å²) in [6.07, 6.45) is 11.4. The van der Waals surface area contributed by atoms with E-state index in [1.54, 1.807) is 0 Å². The average Bonchev–Trinajstić information content (AvgIpc) is 2.94. The highest BCUT2D eigenvalue weighted by molar-refractivity contribution is 7.92. The molecule has 5 unspecified atom stereocenters. The third kappa shape index (κ3) is 2.90. The van der Waals surface area contributed by atoms with Crippen LogP contribution in [0.25, 0.3) is 0 Å². The van der Waals surface area contributed by atoms with Gasteiger partial charge in [0.05, 0.1) is 0 Å². The number of nitrogens with two attached hydrogens (primary N) is 1. The minimum Gasteiger partial charge on any atom is -0.616 e. The fourth-order valence-corrected chi connectivity index (χ4v) is 9.23. The van der Waals surface area contributed by atoms with Crippen molar-refractivity contribution < 1.29 is 9.35 Å². The fraction of sp³-hybridized carbons (Fsp3) is 0.955. The zero-order valence-electron chi connectivity index (χ0n) is 16.7. The molecule has 0 amide bonds. The van der Waals surface area contributed by atoms with Gasteiger partial charge in [-0.15, -0.1) is 0 Å². The van der Waals surface area contributed by atoms with E-state index in [1.165, 1.54) is 25.7 Å². The Morgan fingerprint density at radius 1 is 1.12 bits per heavy atom. The standard InChI is InChI=1S/C22H37NO2S/c1-21-10-8-16(26(25)13-3-12-23)14-15(21)4-5-17-18-6-7-20(24)22(18,2)11-9-19(17)21/h15-19H,3-14,23H2,1-2H3/t15?,16-,17?,18?,19?,21+,22+,26?/m1/s1. The van der Waals surface area contributed by atoms with Gasteiger partial charge in [0.15, 0.2) is 0 Å². The Morgan fingerprint density at radius 2 is 1.92 bits per heavy atom. The molecular formula is C22H37NO2S. The van der Waals surface area contributed by atoms with Crippen LogP contribution in [0.4, 0.5) is 0 Å². The second-order valence-electron chi connectivity index (χ2n) is 10.2. The van der Waals surface area contributed by atoms with Gasteiger partial charge in [-0.2, -0.15) is 0 Å². The molecule has 0 aromatic carbocycles. The Hall–Kier alpha value is -0.0600. The van der Waals surface area contributed by atoms with Gasteiger partial charge in [0, 0.05) is 18.3 Å². The summed E-state index contributed by atoms with van der Waals surface area (Å²) in [4.78, 5) is 12.5. The summed E-state index contributed by atoms with van der Waals surface area (Å²) in [5, 5.41) is 0.401. The van der Waals surface area contributed by atoms with E-state index in [1.807, 2.05) is 0 Å². The summed E-state index contributed by atoms with van der Waals surface area (Å²) in [6.45, 7) is 5.48. The highest BCUT2D eigenvalue weighted by Crippen LogP contribution is 2.65. The molecule has 0 aromatic rings. The third-order valence-electron chi connectivity index (χ3n) is 9.25. The summed E-state index contributed by atoms with van der Waals surface area (Å²) in [6, 6.07) is 0. The first kappa shape index (κ1) is 19.3. The SMILES string of the molecule is C[C@]12CC[C@@H]([S+]([O-])CCCN)CC1CCC1C2CC[C@]2(C)C(=O)CCC12. The normalized spacial score (nSPS) is 49.2. The molecule has 4 rings (SSSR count). The fourth-order valence-electron chi connectivity index (χ4n) is 7.62. The number of hydrogen-bond donors (Lipinski definition) is 1. The molecule has 4 aliphatic carbocycles. The molecule has 0 spiro atoms. The van der Waals surface area contributed by atoms with Crippen molar-refractivity contribution in [1.29, 1.82) is 0 Å². The monoisotopic (exact) mass is 379 g/mol. The van der Waals surface area contributed by atoms with E-state index in [0.29, 0.717) is 28.9 Å². The van der Waals surface area contributed by atoms with Crippen LogP contribution in [0.5, 0.6) is 0 Å². The van der Waals surface area contributed by atoms with Crippen molar-refractivity contribution in [1.82, 2.24) is 0 Å². The molecule has 26 heavy (non-hydrogen) atoms. The topological polar surface area (TPSA) is 66.2 Å². The number of rotatable bonds is 4. The summed E-state index contributed by atoms with van der Waals surface area (Å²) in [5.74, 6) is 4.28. The Labute approximate surface area is 162 Å². The van der Waals surface area contributed by atoms with Crippen molar-refractivity contribution in [3.63, 3.8) is 0 Å². The summed E-state index contributed by atoms with van der Waals surface area (Å²) < 4.78 is 12.7. The molecule has 4 fully saturated rings. The van der Waals surface area contributed by atoms with E-state index in [4.69, 9.17) is 5.73 Å². The van der Waals surface area contributed by atoms with Crippen molar-refractivity contribution in [2.24, 2.45) is 40.2 Å². The number of hydrogen-bond acceptors (Lipinski definition) is 3. The minimum absolute atomic E-state index is 0.00865. The Balaban J connectivity index is 1.48. The van der Waals surface area contributed by atoms with Crippen LogP contribution in [0.1, 0.15) is 78.1 Å². The lowest BCUT2D eigenvalue weighted by atomic mass is 9.45. The van der Waals surface area contributed by atoms with Crippen molar-refractivity contribution >= 4 is 17.0 Å². The Kier molecular flexibility index (Phi) is 5.24. The Bertz CT molecular complexity index is 554. The minimum atomic E-state index is -0.690. The molecule has 2 N–H and O–H groups in total. The van der Waals surface area contributed by atoms with Gasteiger partial charge in [-0.3, -0.25) is 4.79 Å². The number of Topliss-reactive ketones (excluding diaryl/α,β-unsaturated/α-hetero) is 1. The van der Waals surface area contributed by atoms with Crippen molar-refractivity contribution in [3.05, 3.63) is 0 Å². The van der Waals surface area contributed by atoms with Gasteiger partial charge >= 0.3 is 0 Å². The van der Waals surface area contributed by atoms with Crippen LogP contribution in [-0.2, 0) is 16.0 Å². The van der Waals surface area contributed by atoms with Crippen molar-refractivity contribution in [2.45, 2.75) is 83.3 Å². The lowest BCUT2D eigenvalue weighted by Gasteiger charge is -2.60. The third-order valence-corrected chi connectivity index (χ3v) is 11.1. The maximum absolute atomic E-state index is 12.7. The molecule has 0 aliphatic heterocycles.